The topological polar surface area (TPSA) is 29.5 Å². The molecule has 0 N–H and O–H groups in total. The summed E-state index contributed by atoms with van der Waals surface area (Å²) < 4.78 is 5.85. The van der Waals surface area contributed by atoms with Crippen LogP contribution in [-0.2, 0) is 10.2 Å². The number of rotatable bonds is 2. The number of nitrogens with zero attached hydrogens (tertiary/aromatic N) is 1. The van der Waals surface area contributed by atoms with Crippen molar-refractivity contribution in [3.63, 3.8) is 0 Å². The van der Waals surface area contributed by atoms with Crippen LogP contribution in [-0.4, -0.2) is 30.5 Å². The fraction of sp³-hybridized carbons (Fsp3) is 0.381. The van der Waals surface area contributed by atoms with Crippen LogP contribution in [0.25, 0.3) is 0 Å². The molecule has 2 aromatic carbocycles. The summed E-state index contributed by atoms with van der Waals surface area (Å²) in [5.41, 5.74) is 3.21. The van der Waals surface area contributed by atoms with Gasteiger partial charge >= 0.3 is 0 Å². The molecular weight excluding hydrogens is 298 g/mol. The molecule has 0 unspecified atom stereocenters. The molecule has 1 fully saturated rings. The van der Waals surface area contributed by atoms with Crippen LogP contribution in [0.3, 0.4) is 0 Å². The highest BCUT2D eigenvalue weighted by molar-refractivity contribution is 5.94. The number of amides is 1. The van der Waals surface area contributed by atoms with Gasteiger partial charge in [-0.15, -0.1) is 0 Å². The van der Waals surface area contributed by atoms with Crippen molar-refractivity contribution in [1.29, 1.82) is 0 Å². The molecule has 0 aliphatic carbocycles. The minimum atomic E-state index is -0.0438. The fourth-order valence-corrected chi connectivity index (χ4v) is 3.00. The Hall–Kier alpha value is -2.13. The van der Waals surface area contributed by atoms with Crippen molar-refractivity contribution in [1.82, 2.24) is 4.90 Å². The van der Waals surface area contributed by atoms with E-state index in [2.05, 4.69) is 45.0 Å². The van der Waals surface area contributed by atoms with E-state index < -0.39 is 0 Å². The molecule has 3 heteroatoms. The predicted molar refractivity (Wildman–Crippen MR) is 96.2 cm³/mol. The Morgan fingerprint density at radius 1 is 1.04 bits per heavy atom. The molecule has 1 saturated heterocycles. The number of carbonyl (C=O) groups is 1. The van der Waals surface area contributed by atoms with E-state index in [0.717, 1.165) is 11.1 Å². The first-order valence-electron chi connectivity index (χ1n) is 8.51. The predicted octanol–water partition coefficient (Wildman–Crippen LogP) is 4.20. The van der Waals surface area contributed by atoms with Gasteiger partial charge in [-0.3, -0.25) is 4.79 Å². The molecule has 3 nitrogen and oxygen atoms in total. The van der Waals surface area contributed by atoms with Gasteiger partial charge in [0.05, 0.1) is 13.2 Å². The maximum absolute atomic E-state index is 12.8. The molecule has 1 aliphatic heterocycles. The quantitative estimate of drug-likeness (QED) is 0.829. The standard InChI is InChI=1S/C21H25NO2/c1-21(2,3)18-11-9-17(10-12-18)20(23)22-13-14-24-19(15-22)16-7-5-4-6-8-16/h4-12,19H,13-15H2,1-3H3/t19-/m0/s1. The zero-order valence-corrected chi connectivity index (χ0v) is 14.7. The maximum Gasteiger partial charge on any atom is 0.254 e. The highest BCUT2D eigenvalue weighted by atomic mass is 16.5. The van der Waals surface area contributed by atoms with Gasteiger partial charge in [0.25, 0.3) is 5.91 Å². The molecule has 1 aliphatic rings. The molecule has 0 bridgehead atoms. The van der Waals surface area contributed by atoms with Gasteiger partial charge in [-0.2, -0.15) is 0 Å². The van der Waals surface area contributed by atoms with Crippen LogP contribution in [0.4, 0.5) is 0 Å². The molecular formula is C21H25NO2. The first-order valence-corrected chi connectivity index (χ1v) is 8.51. The second kappa shape index (κ2) is 6.78. The molecule has 3 rings (SSSR count). The molecule has 0 radical (unpaired) electrons. The number of hydrogen-bond acceptors (Lipinski definition) is 2. The van der Waals surface area contributed by atoms with E-state index in [1.165, 1.54) is 5.56 Å². The molecule has 1 amide bonds. The van der Waals surface area contributed by atoms with Gasteiger partial charge in [0.1, 0.15) is 6.10 Å². The number of morpholine rings is 1. The number of ether oxygens (including phenoxy) is 1. The average Bonchev–Trinajstić information content (AvgIpc) is 2.61. The average molecular weight is 323 g/mol. The number of carbonyl (C=O) groups excluding carboxylic acids is 1. The van der Waals surface area contributed by atoms with Gasteiger partial charge in [-0.25, -0.2) is 0 Å². The van der Waals surface area contributed by atoms with Gasteiger partial charge in [0.15, 0.2) is 0 Å². The molecule has 0 aromatic heterocycles. The van der Waals surface area contributed by atoms with E-state index in [1.807, 2.05) is 35.2 Å². The van der Waals surface area contributed by atoms with Crippen molar-refractivity contribution in [2.45, 2.75) is 32.3 Å². The first kappa shape index (κ1) is 16.7. The van der Waals surface area contributed by atoms with Crippen molar-refractivity contribution >= 4 is 5.91 Å². The Labute approximate surface area is 144 Å². The Morgan fingerprint density at radius 3 is 2.33 bits per heavy atom. The lowest BCUT2D eigenvalue weighted by atomic mass is 9.86. The van der Waals surface area contributed by atoms with Gasteiger partial charge in [0, 0.05) is 12.1 Å². The van der Waals surface area contributed by atoms with Crippen molar-refractivity contribution in [2.24, 2.45) is 0 Å². The van der Waals surface area contributed by atoms with Crippen molar-refractivity contribution in [3.05, 3.63) is 71.3 Å². The molecule has 0 spiro atoms. The summed E-state index contributed by atoms with van der Waals surface area (Å²) in [7, 11) is 0. The van der Waals surface area contributed by atoms with Crippen LogP contribution in [0.15, 0.2) is 54.6 Å². The normalized spacial score (nSPS) is 18.5. The van der Waals surface area contributed by atoms with Crippen LogP contribution >= 0.6 is 0 Å². The van der Waals surface area contributed by atoms with E-state index >= 15 is 0 Å². The zero-order valence-electron chi connectivity index (χ0n) is 14.7. The third-order valence-electron chi connectivity index (χ3n) is 4.52. The third-order valence-corrected chi connectivity index (χ3v) is 4.52. The Kier molecular flexibility index (Phi) is 4.72. The third kappa shape index (κ3) is 3.68. The second-order valence-electron chi connectivity index (χ2n) is 7.35. The minimum Gasteiger partial charge on any atom is -0.370 e. The van der Waals surface area contributed by atoms with Gasteiger partial charge in [-0.05, 0) is 28.7 Å². The smallest absolute Gasteiger partial charge is 0.254 e. The van der Waals surface area contributed by atoms with Gasteiger partial charge < -0.3 is 9.64 Å². The molecule has 24 heavy (non-hydrogen) atoms. The van der Waals surface area contributed by atoms with Crippen LogP contribution in [0.1, 0.15) is 48.4 Å². The van der Waals surface area contributed by atoms with Crippen LogP contribution in [0.2, 0.25) is 0 Å². The Bertz CT molecular complexity index is 686. The lowest BCUT2D eigenvalue weighted by Crippen LogP contribution is -2.42. The fourth-order valence-electron chi connectivity index (χ4n) is 3.00. The minimum absolute atomic E-state index is 0.0438. The van der Waals surface area contributed by atoms with Crippen LogP contribution in [0.5, 0.6) is 0 Å². The summed E-state index contributed by atoms with van der Waals surface area (Å²) >= 11 is 0. The van der Waals surface area contributed by atoms with E-state index in [9.17, 15) is 4.79 Å². The van der Waals surface area contributed by atoms with Crippen molar-refractivity contribution in [3.8, 4) is 0 Å². The monoisotopic (exact) mass is 323 g/mol. The van der Waals surface area contributed by atoms with E-state index in [0.29, 0.717) is 19.7 Å². The van der Waals surface area contributed by atoms with E-state index in [4.69, 9.17) is 4.74 Å². The largest absolute Gasteiger partial charge is 0.370 e. The maximum atomic E-state index is 12.8. The summed E-state index contributed by atoms with van der Waals surface area (Å²) in [6.45, 7) is 8.35. The summed E-state index contributed by atoms with van der Waals surface area (Å²) in [5, 5.41) is 0. The Morgan fingerprint density at radius 2 is 1.71 bits per heavy atom. The van der Waals surface area contributed by atoms with E-state index in [-0.39, 0.29) is 17.4 Å². The highest BCUT2D eigenvalue weighted by Gasteiger charge is 2.26. The van der Waals surface area contributed by atoms with Crippen LogP contribution < -0.4 is 0 Å². The lowest BCUT2D eigenvalue weighted by molar-refractivity contribution is -0.0228. The zero-order chi connectivity index (χ0) is 17.2. The van der Waals surface area contributed by atoms with Crippen molar-refractivity contribution < 1.29 is 9.53 Å². The van der Waals surface area contributed by atoms with Crippen molar-refractivity contribution in [2.75, 3.05) is 19.7 Å². The van der Waals surface area contributed by atoms with E-state index in [1.54, 1.807) is 0 Å². The lowest BCUT2D eigenvalue weighted by Gasteiger charge is -2.33. The number of benzene rings is 2. The Balaban J connectivity index is 1.73. The first-order chi connectivity index (χ1) is 11.4. The summed E-state index contributed by atoms with van der Waals surface area (Å²) in [4.78, 5) is 14.7. The molecule has 126 valence electrons. The summed E-state index contributed by atoms with van der Waals surface area (Å²) in [6.07, 6.45) is -0.0438. The molecule has 0 saturated carbocycles. The SMILES string of the molecule is CC(C)(C)c1ccc(C(=O)N2CCO[C@H](c3ccccc3)C2)cc1. The summed E-state index contributed by atoms with van der Waals surface area (Å²) in [6, 6.07) is 18.1. The highest BCUT2D eigenvalue weighted by Crippen LogP contribution is 2.25. The van der Waals surface area contributed by atoms with Gasteiger partial charge in [-0.1, -0.05) is 63.2 Å². The summed E-state index contributed by atoms with van der Waals surface area (Å²) in [5.74, 6) is 0.0830. The van der Waals surface area contributed by atoms with Crippen LogP contribution in [0, 0.1) is 0 Å². The second-order valence-corrected chi connectivity index (χ2v) is 7.35. The molecule has 1 heterocycles. The number of hydrogen-bond donors (Lipinski definition) is 0. The molecule has 1 atom stereocenters. The molecule has 2 aromatic rings. The van der Waals surface area contributed by atoms with Gasteiger partial charge in [0.2, 0.25) is 0 Å².